The number of aliphatic imine (C=N–C) groups is 1. The number of nitrogens with zero attached hydrogens (tertiary/aromatic N) is 2. The predicted molar refractivity (Wildman–Crippen MR) is 94.5 cm³/mol. The minimum Gasteiger partial charge on any atom is -0.444 e. The van der Waals surface area contributed by atoms with Crippen LogP contribution in [0.1, 0.15) is 12.6 Å². The number of rotatable bonds is 7. The Morgan fingerprint density at radius 3 is 2.67 bits per heavy atom. The Bertz CT molecular complexity index is 770. The molecule has 0 amide bonds. The van der Waals surface area contributed by atoms with Crippen LogP contribution in [-0.2, 0) is 16.4 Å². The van der Waals surface area contributed by atoms with Crippen molar-refractivity contribution >= 4 is 15.8 Å². The molecule has 0 bridgehead atoms. The smallest absolute Gasteiger partial charge is 0.226 e. The molecule has 1 aromatic carbocycles. The van der Waals surface area contributed by atoms with Crippen LogP contribution in [0.4, 0.5) is 0 Å². The molecule has 0 atom stereocenters. The molecule has 0 aliphatic carbocycles. The van der Waals surface area contributed by atoms with Gasteiger partial charge in [-0.05, 0) is 19.1 Å². The molecule has 8 heteroatoms. The molecule has 0 unspecified atom stereocenters. The zero-order valence-corrected chi connectivity index (χ0v) is 14.6. The molecule has 130 valence electrons. The highest BCUT2D eigenvalue weighted by Gasteiger charge is 2.07. The SMILES string of the molecule is CCNC(=NCc1coc(-c2ccccc2)n1)NCCS(C)(=O)=O. The van der Waals surface area contributed by atoms with Crippen molar-refractivity contribution in [3.8, 4) is 11.5 Å². The molecule has 2 aromatic rings. The summed E-state index contributed by atoms with van der Waals surface area (Å²) in [5.74, 6) is 1.15. The molecule has 0 aliphatic heterocycles. The second-order valence-corrected chi connectivity index (χ2v) is 7.52. The van der Waals surface area contributed by atoms with Gasteiger partial charge >= 0.3 is 0 Å². The fourth-order valence-corrected chi connectivity index (χ4v) is 2.42. The lowest BCUT2D eigenvalue weighted by molar-refractivity contribution is 0.572. The van der Waals surface area contributed by atoms with E-state index in [2.05, 4.69) is 20.6 Å². The van der Waals surface area contributed by atoms with Gasteiger partial charge in [0.05, 0.1) is 12.3 Å². The minimum absolute atomic E-state index is 0.0551. The lowest BCUT2D eigenvalue weighted by atomic mass is 10.2. The molecule has 1 heterocycles. The average Bonchev–Trinajstić information content (AvgIpc) is 3.01. The summed E-state index contributed by atoms with van der Waals surface area (Å²) < 4.78 is 27.8. The molecular formula is C16H22N4O3S. The van der Waals surface area contributed by atoms with E-state index in [-0.39, 0.29) is 5.75 Å². The maximum atomic E-state index is 11.2. The molecule has 1 aromatic heterocycles. The Balaban J connectivity index is 1.97. The lowest BCUT2D eigenvalue weighted by Crippen LogP contribution is -2.39. The van der Waals surface area contributed by atoms with Crippen molar-refractivity contribution in [1.29, 1.82) is 0 Å². The number of aromatic nitrogens is 1. The van der Waals surface area contributed by atoms with E-state index in [1.165, 1.54) is 6.26 Å². The molecule has 0 fully saturated rings. The third-order valence-corrected chi connectivity index (χ3v) is 4.03. The third-order valence-electron chi connectivity index (χ3n) is 3.08. The Labute approximate surface area is 142 Å². The fourth-order valence-electron chi connectivity index (χ4n) is 1.95. The van der Waals surface area contributed by atoms with E-state index in [0.717, 1.165) is 5.56 Å². The average molecular weight is 350 g/mol. The molecule has 2 rings (SSSR count). The van der Waals surface area contributed by atoms with Gasteiger partial charge in [-0.15, -0.1) is 0 Å². The van der Waals surface area contributed by atoms with Crippen molar-refractivity contribution in [1.82, 2.24) is 15.6 Å². The van der Waals surface area contributed by atoms with Crippen molar-refractivity contribution in [3.63, 3.8) is 0 Å². The molecule has 7 nitrogen and oxygen atoms in total. The van der Waals surface area contributed by atoms with E-state index >= 15 is 0 Å². The monoisotopic (exact) mass is 350 g/mol. The van der Waals surface area contributed by atoms with Crippen LogP contribution in [0.25, 0.3) is 11.5 Å². The first-order valence-corrected chi connectivity index (χ1v) is 9.73. The number of hydrogen-bond acceptors (Lipinski definition) is 5. The van der Waals surface area contributed by atoms with Crippen LogP contribution in [-0.4, -0.2) is 44.5 Å². The summed E-state index contributed by atoms with van der Waals surface area (Å²) in [4.78, 5) is 8.79. The number of guanidine groups is 1. The van der Waals surface area contributed by atoms with Gasteiger partial charge in [0.2, 0.25) is 5.89 Å². The normalized spacial score (nSPS) is 12.2. The van der Waals surface area contributed by atoms with Crippen LogP contribution >= 0.6 is 0 Å². The Morgan fingerprint density at radius 1 is 1.25 bits per heavy atom. The number of benzene rings is 1. The molecule has 0 spiro atoms. The van der Waals surface area contributed by atoms with Gasteiger partial charge in [0.25, 0.3) is 0 Å². The number of nitrogens with one attached hydrogen (secondary N) is 2. The zero-order valence-electron chi connectivity index (χ0n) is 13.8. The van der Waals surface area contributed by atoms with Crippen molar-refractivity contribution in [2.45, 2.75) is 13.5 Å². The van der Waals surface area contributed by atoms with Gasteiger partial charge in [0.1, 0.15) is 21.8 Å². The fraction of sp³-hybridized carbons (Fsp3) is 0.375. The molecule has 0 radical (unpaired) electrons. The summed E-state index contributed by atoms with van der Waals surface area (Å²) >= 11 is 0. The van der Waals surface area contributed by atoms with E-state index < -0.39 is 9.84 Å². The van der Waals surface area contributed by atoms with Crippen LogP contribution in [0.15, 0.2) is 46.0 Å². The van der Waals surface area contributed by atoms with Gasteiger partial charge in [-0.3, -0.25) is 0 Å². The van der Waals surface area contributed by atoms with Crippen LogP contribution in [0.2, 0.25) is 0 Å². The van der Waals surface area contributed by atoms with Gasteiger partial charge in [-0.2, -0.15) is 0 Å². The number of hydrogen-bond donors (Lipinski definition) is 2. The van der Waals surface area contributed by atoms with Crippen LogP contribution in [0.3, 0.4) is 0 Å². The number of oxazole rings is 1. The third kappa shape index (κ3) is 6.04. The van der Waals surface area contributed by atoms with E-state index in [4.69, 9.17) is 4.42 Å². The standard InChI is InChI=1S/C16H22N4O3S/c1-3-17-16(18-9-10-24(2,21)22)19-11-14-12-23-15(20-14)13-7-5-4-6-8-13/h4-8,12H,3,9-11H2,1-2H3,(H2,17,18,19). The van der Waals surface area contributed by atoms with E-state index in [9.17, 15) is 8.42 Å². The van der Waals surface area contributed by atoms with Crippen LogP contribution < -0.4 is 10.6 Å². The largest absolute Gasteiger partial charge is 0.444 e. The van der Waals surface area contributed by atoms with Crippen molar-refractivity contribution in [3.05, 3.63) is 42.3 Å². The van der Waals surface area contributed by atoms with Crippen LogP contribution in [0, 0.1) is 0 Å². The molecule has 0 aliphatic rings. The van der Waals surface area contributed by atoms with E-state index in [0.29, 0.717) is 37.2 Å². The maximum Gasteiger partial charge on any atom is 0.226 e. The molecular weight excluding hydrogens is 328 g/mol. The Kier molecular flexibility index (Phi) is 6.36. The van der Waals surface area contributed by atoms with Gasteiger partial charge in [0, 0.05) is 24.9 Å². The second-order valence-electron chi connectivity index (χ2n) is 5.26. The second kappa shape index (κ2) is 8.49. The summed E-state index contributed by atoms with van der Waals surface area (Å²) in [6.07, 6.45) is 2.78. The van der Waals surface area contributed by atoms with Gasteiger partial charge in [-0.1, -0.05) is 18.2 Å². The maximum absolute atomic E-state index is 11.2. The number of sulfone groups is 1. The topological polar surface area (TPSA) is 96.6 Å². The highest BCUT2D eigenvalue weighted by atomic mass is 32.2. The predicted octanol–water partition coefficient (Wildman–Crippen LogP) is 1.44. The Hall–Kier alpha value is -2.35. The molecule has 24 heavy (non-hydrogen) atoms. The summed E-state index contributed by atoms with van der Waals surface area (Å²) in [5.41, 5.74) is 1.61. The molecule has 0 saturated carbocycles. The zero-order chi connectivity index (χ0) is 17.4. The minimum atomic E-state index is -3.00. The van der Waals surface area contributed by atoms with Crippen molar-refractivity contribution < 1.29 is 12.8 Å². The van der Waals surface area contributed by atoms with Crippen LogP contribution in [0.5, 0.6) is 0 Å². The summed E-state index contributed by atoms with van der Waals surface area (Å²) in [6, 6.07) is 9.63. The highest BCUT2D eigenvalue weighted by Crippen LogP contribution is 2.18. The van der Waals surface area contributed by atoms with E-state index in [1.807, 2.05) is 37.3 Å². The first-order chi connectivity index (χ1) is 11.5. The molecule has 2 N–H and O–H groups in total. The van der Waals surface area contributed by atoms with Gasteiger partial charge < -0.3 is 15.1 Å². The van der Waals surface area contributed by atoms with Crippen molar-refractivity contribution in [2.75, 3.05) is 25.1 Å². The Morgan fingerprint density at radius 2 is 2.00 bits per heavy atom. The van der Waals surface area contributed by atoms with Gasteiger partial charge in [-0.25, -0.2) is 18.4 Å². The lowest BCUT2D eigenvalue weighted by Gasteiger charge is -2.10. The van der Waals surface area contributed by atoms with E-state index in [1.54, 1.807) is 6.26 Å². The van der Waals surface area contributed by atoms with Crippen molar-refractivity contribution in [2.24, 2.45) is 4.99 Å². The summed E-state index contributed by atoms with van der Waals surface area (Å²) in [6.45, 7) is 3.26. The quantitative estimate of drug-likeness (QED) is 0.579. The van der Waals surface area contributed by atoms with Gasteiger partial charge in [0.15, 0.2) is 5.96 Å². The highest BCUT2D eigenvalue weighted by molar-refractivity contribution is 7.90. The molecule has 0 saturated heterocycles. The summed E-state index contributed by atoms with van der Waals surface area (Å²) in [7, 11) is -3.00. The first-order valence-electron chi connectivity index (χ1n) is 7.67. The summed E-state index contributed by atoms with van der Waals surface area (Å²) in [5, 5.41) is 6.05. The first kappa shape index (κ1) is 18.0.